The first-order chi connectivity index (χ1) is 9.45. The Labute approximate surface area is 130 Å². The summed E-state index contributed by atoms with van der Waals surface area (Å²) in [5.41, 5.74) is 2.45. The molecule has 1 aromatic carbocycles. The summed E-state index contributed by atoms with van der Waals surface area (Å²) in [6.07, 6.45) is 0.553. The molecular formula is C15H20Cl2N2O. The number of amides is 1. The van der Waals surface area contributed by atoms with Gasteiger partial charge in [0.15, 0.2) is 0 Å². The zero-order chi connectivity index (χ0) is 14.8. The molecule has 110 valence electrons. The second-order valence-corrected chi connectivity index (χ2v) is 6.72. The van der Waals surface area contributed by atoms with E-state index in [0.29, 0.717) is 13.0 Å². The second-order valence-electron chi connectivity index (χ2n) is 5.17. The highest BCUT2D eigenvalue weighted by atomic mass is 35.5. The quantitative estimate of drug-likeness (QED) is 0.818. The molecule has 0 heterocycles. The van der Waals surface area contributed by atoms with Gasteiger partial charge in [0.05, 0.1) is 5.92 Å². The van der Waals surface area contributed by atoms with Gasteiger partial charge in [-0.25, -0.2) is 0 Å². The number of hydrogen-bond donors (Lipinski definition) is 1. The number of aryl methyl sites for hydroxylation is 1. The fourth-order valence-electron chi connectivity index (χ4n) is 2.30. The molecule has 0 radical (unpaired) electrons. The van der Waals surface area contributed by atoms with Crippen LogP contribution in [0.4, 0.5) is 5.69 Å². The summed E-state index contributed by atoms with van der Waals surface area (Å²) in [5, 5.41) is 2.90. The molecule has 1 aliphatic carbocycles. The Kier molecular flexibility index (Phi) is 4.82. The van der Waals surface area contributed by atoms with Crippen molar-refractivity contribution in [1.82, 2.24) is 5.32 Å². The number of nitrogens with one attached hydrogen (secondary N) is 1. The largest absolute Gasteiger partial charge is 0.370 e. The second kappa shape index (κ2) is 6.23. The standard InChI is InChI=1S/C15H20Cl2N2O/c1-3-19(13-7-5-4-6-11(13)2)9-8-18-14(20)12-10-15(12,16)17/h4-7,12H,3,8-10H2,1-2H3,(H,18,20). The fourth-order valence-corrected chi connectivity index (χ4v) is 2.81. The van der Waals surface area contributed by atoms with E-state index in [1.54, 1.807) is 0 Å². The number of benzene rings is 1. The van der Waals surface area contributed by atoms with Crippen molar-refractivity contribution < 1.29 is 4.79 Å². The van der Waals surface area contributed by atoms with Crippen LogP contribution in [0.1, 0.15) is 18.9 Å². The molecule has 0 aromatic heterocycles. The SMILES string of the molecule is CCN(CCNC(=O)C1CC1(Cl)Cl)c1ccccc1C. The molecular weight excluding hydrogens is 295 g/mol. The Morgan fingerprint density at radius 2 is 2.10 bits per heavy atom. The van der Waals surface area contributed by atoms with E-state index in [4.69, 9.17) is 23.2 Å². The van der Waals surface area contributed by atoms with Crippen molar-refractivity contribution in [2.45, 2.75) is 24.6 Å². The van der Waals surface area contributed by atoms with Crippen LogP contribution in [0.15, 0.2) is 24.3 Å². The topological polar surface area (TPSA) is 32.3 Å². The number of alkyl halides is 2. The fraction of sp³-hybridized carbons (Fsp3) is 0.533. The van der Waals surface area contributed by atoms with Gasteiger partial charge in [0.1, 0.15) is 4.33 Å². The molecule has 5 heteroatoms. The monoisotopic (exact) mass is 314 g/mol. The maximum absolute atomic E-state index is 11.8. The zero-order valence-electron chi connectivity index (χ0n) is 11.8. The van der Waals surface area contributed by atoms with E-state index < -0.39 is 4.33 Å². The van der Waals surface area contributed by atoms with Crippen LogP contribution < -0.4 is 10.2 Å². The Balaban J connectivity index is 1.83. The van der Waals surface area contributed by atoms with E-state index in [1.807, 2.05) is 12.1 Å². The third kappa shape index (κ3) is 3.58. The minimum atomic E-state index is -0.843. The molecule has 0 aliphatic heterocycles. The normalized spacial score (nSPS) is 19.5. The van der Waals surface area contributed by atoms with Gasteiger partial charge in [0.25, 0.3) is 0 Å². The van der Waals surface area contributed by atoms with Crippen LogP contribution in [0.5, 0.6) is 0 Å². The first kappa shape index (κ1) is 15.5. The van der Waals surface area contributed by atoms with Crippen molar-refractivity contribution in [3.8, 4) is 0 Å². The lowest BCUT2D eigenvalue weighted by molar-refractivity contribution is -0.122. The summed E-state index contributed by atoms with van der Waals surface area (Å²) in [4.78, 5) is 14.0. The highest BCUT2D eigenvalue weighted by Gasteiger charge is 2.56. The average molecular weight is 315 g/mol. The Hall–Kier alpha value is -0.930. The maximum atomic E-state index is 11.8. The zero-order valence-corrected chi connectivity index (χ0v) is 13.3. The van der Waals surface area contributed by atoms with E-state index in [0.717, 1.165) is 13.1 Å². The third-order valence-corrected chi connectivity index (χ3v) is 4.50. The van der Waals surface area contributed by atoms with Gasteiger partial charge in [-0.15, -0.1) is 23.2 Å². The van der Waals surface area contributed by atoms with Crippen molar-refractivity contribution in [3.63, 3.8) is 0 Å². The summed E-state index contributed by atoms with van der Waals surface area (Å²) >= 11 is 11.8. The van der Waals surface area contributed by atoms with Gasteiger partial charge in [-0.1, -0.05) is 18.2 Å². The van der Waals surface area contributed by atoms with Gasteiger partial charge in [-0.3, -0.25) is 4.79 Å². The van der Waals surface area contributed by atoms with Crippen LogP contribution >= 0.6 is 23.2 Å². The number of likely N-dealkylation sites (N-methyl/N-ethyl adjacent to an activating group) is 1. The summed E-state index contributed by atoms with van der Waals surface area (Å²) in [7, 11) is 0. The van der Waals surface area contributed by atoms with Crippen LogP contribution in [0, 0.1) is 12.8 Å². The highest BCUT2D eigenvalue weighted by molar-refractivity contribution is 6.52. The molecule has 20 heavy (non-hydrogen) atoms. The molecule has 1 saturated carbocycles. The van der Waals surface area contributed by atoms with Crippen molar-refractivity contribution in [2.24, 2.45) is 5.92 Å². The lowest BCUT2D eigenvalue weighted by Gasteiger charge is -2.25. The molecule has 2 rings (SSSR count). The first-order valence-corrected chi connectivity index (χ1v) is 7.67. The van der Waals surface area contributed by atoms with E-state index in [9.17, 15) is 4.79 Å². The van der Waals surface area contributed by atoms with Gasteiger partial charge >= 0.3 is 0 Å². The van der Waals surface area contributed by atoms with Crippen LogP contribution in [0.25, 0.3) is 0 Å². The van der Waals surface area contributed by atoms with Crippen LogP contribution in [0.3, 0.4) is 0 Å². The molecule has 0 spiro atoms. The van der Waals surface area contributed by atoms with Crippen molar-refractivity contribution >= 4 is 34.8 Å². The molecule has 1 aliphatic rings. The predicted molar refractivity (Wildman–Crippen MR) is 84.6 cm³/mol. The summed E-state index contributed by atoms with van der Waals surface area (Å²) < 4.78 is -0.843. The van der Waals surface area contributed by atoms with Gasteiger partial charge in [-0.05, 0) is 31.9 Å². The maximum Gasteiger partial charge on any atom is 0.226 e. The number of carbonyl (C=O) groups is 1. The smallest absolute Gasteiger partial charge is 0.226 e. The van der Waals surface area contributed by atoms with Gasteiger partial charge in [-0.2, -0.15) is 0 Å². The molecule has 1 fully saturated rings. The summed E-state index contributed by atoms with van der Waals surface area (Å²) in [6.45, 7) is 6.48. The number of carbonyl (C=O) groups excluding carboxylic acids is 1. The minimum Gasteiger partial charge on any atom is -0.370 e. The molecule has 1 N–H and O–H groups in total. The molecule has 0 saturated heterocycles. The van der Waals surface area contributed by atoms with Crippen LogP contribution in [-0.4, -0.2) is 29.9 Å². The lowest BCUT2D eigenvalue weighted by atomic mass is 10.2. The Morgan fingerprint density at radius 3 is 2.65 bits per heavy atom. The van der Waals surface area contributed by atoms with Crippen LogP contribution in [0.2, 0.25) is 0 Å². The van der Waals surface area contributed by atoms with Crippen molar-refractivity contribution in [3.05, 3.63) is 29.8 Å². The average Bonchev–Trinajstić information content (AvgIpc) is 3.05. The minimum absolute atomic E-state index is 0.0455. The molecule has 1 aromatic rings. The molecule has 1 unspecified atom stereocenters. The van der Waals surface area contributed by atoms with E-state index in [2.05, 4.69) is 36.2 Å². The third-order valence-electron chi connectivity index (χ3n) is 3.66. The van der Waals surface area contributed by atoms with E-state index >= 15 is 0 Å². The lowest BCUT2D eigenvalue weighted by Crippen LogP contribution is -2.36. The number of hydrogen-bond acceptors (Lipinski definition) is 2. The Bertz CT molecular complexity index is 491. The molecule has 1 atom stereocenters. The van der Waals surface area contributed by atoms with Crippen molar-refractivity contribution in [2.75, 3.05) is 24.5 Å². The van der Waals surface area contributed by atoms with Crippen molar-refractivity contribution in [1.29, 1.82) is 0 Å². The summed E-state index contributed by atoms with van der Waals surface area (Å²) in [6, 6.07) is 8.26. The van der Waals surface area contributed by atoms with Gasteiger partial charge in [0, 0.05) is 25.3 Å². The number of anilines is 1. The van der Waals surface area contributed by atoms with Crippen LogP contribution in [-0.2, 0) is 4.79 Å². The number of rotatable bonds is 6. The van der Waals surface area contributed by atoms with E-state index in [1.165, 1.54) is 11.3 Å². The van der Waals surface area contributed by atoms with Gasteiger partial charge in [0.2, 0.25) is 5.91 Å². The van der Waals surface area contributed by atoms with Gasteiger partial charge < -0.3 is 10.2 Å². The Morgan fingerprint density at radius 1 is 1.45 bits per heavy atom. The molecule has 0 bridgehead atoms. The number of halogens is 2. The predicted octanol–water partition coefficient (Wildman–Crippen LogP) is 3.13. The first-order valence-electron chi connectivity index (χ1n) is 6.92. The number of nitrogens with zero attached hydrogens (tertiary/aromatic N) is 1. The highest BCUT2D eigenvalue weighted by Crippen LogP contribution is 2.53. The summed E-state index contributed by atoms with van der Waals surface area (Å²) in [5.74, 6) is -0.296. The molecule has 1 amide bonds. The number of para-hydroxylation sites is 1. The molecule has 3 nitrogen and oxygen atoms in total. The van der Waals surface area contributed by atoms with E-state index in [-0.39, 0.29) is 11.8 Å².